The topological polar surface area (TPSA) is 75.1 Å². The summed E-state index contributed by atoms with van der Waals surface area (Å²) in [5.74, 6) is 0. The van der Waals surface area contributed by atoms with Crippen molar-refractivity contribution in [1.82, 2.24) is 9.47 Å². The Morgan fingerprint density at radius 1 is 1.32 bits per heavy atom. The van der Waals surface area contributed by atoms with Crippen LogP contribution in [0.1, 0.15) is 25.1 Å². The molecule has 0 unspecified atom stereocenters. The maximum absolute atomic E-state index is 10.8. The van der Waals surface area contributed by atoms with Gasteiger partial charge in [-0.15, -0.1) is 0 Å². The number of rotatable bonds is 6. The molecule has 0 saturated carbocycles. The van der Waals surface area contributed by atoms with Crippen LogP contribution in [0.25, 0.3) is 5.69 Å². The van der Waals surface area contributed by atoms with Gasteiger partial charge in [0.05, 0.1) is 16.2 Å². The molecule has 0 aliphatic heterocycles. The van der Waals surface area contributed by atoms with E-state index in [1.54, 1.807) is 6.07 Å². The quantitative estimate of drug-likeness (QED) is 0.606. The third-order valence-electron chi connectivity index (χ3n) is 3.68. The molecule has 0 radical (unpaired) electrons. The normalized spacial score (nSPS) is 10.6. The molecule has 0 aliphatic carbocycles. The Bertz CT molecular complexity index is 711. The van der Waals surface area contributed by atoms with E-state index in [4.69, 9.17) is 0 Å². The molecular formula is C16H18N4O2. The van der Waals surface area contributed by atoms with Gasteiger partial charge in [0, 0.05) is 30.6 Å². The van der Waals surface area contributed by atoms with E-state index in [0.717, 1.165) is 25.3 Å². The fourth-order valence-electron chi connectivity index (χ4n) is 2.39. The van der Waals surface area contributed by atoms with Crippen LogP contribution in [0.15, 0.2) is 36.5 Å². The zero-order valence-corrected chi connectivity index (χ0v) is 12.7. The summed E-state index contributed by atoms with van der Waals surface area (Å²) in [6.07, 6.45) is 1.88. The lowest BCUT2D eigenvalue weighted by Gasteiger charge is -2.19. The molecule has 0 saturated heterocycles. The molecule has 0 bridgehead atoms. The van der Waals surface area contributed by atoms with Crippen molar-refractivity contribution in [2.45, 2.75) is 20.4 Å². The summed E-state index contributed by atoms with van der Waals surface area (Å²) in [5.41, 5.74) is 1.94. The molecule has 0 spiro atoms. The fourth-order valence-corrected chi connectivity index (χ4v) is 2.39. The number of nitriles is 1. The standard InChI is InChI=1S/C16H18N4O2/c1-3-18(4-2)12-15-6-5-9-19(15)16-8-7-14(20(21)22)10-13(16)11-17/h5-10H,3-4,12H2,1-2H3. The zero-order chi connectivity index (χ0) is 16.1. The summed E-state index contributed by atoms with van der Waals surface area (Å²) < 4.78 is 1.92. The lowest BCUT2D eigenvalue weighted by molar-refractivity contribution is -0.384. The maximum Gasteiger partial charge on any atom is 0.270 e. The Kier molecular flexibility index (Phi) is 4.92. The monoisotopic (exact) mass is 298 g/mol. The van der Waals surface area contributed by atoms with Gasteiger partial charge < -0.3 is 4.57 Å². The van der Waals surface area contributed by atoms with Crippen LogP contribution < -0.4 is 0 Å². The van der Waals surface area contributed by atoms with E-state index in [1.165, 1.54) is 12.1 Å². The molecule has 1 aromatic heterocycles. The first kappa shape index (κ1) is 15.7. The fraction of sp³-hybridized carbons (Fsp3) is 0.312. The maximum atomic E-state index is 10.8. The molecule has 0 amide bonds. The van der Waals surface area contributed by atoms with Crippen molar-refractivity contribution in [3.8, 4) is 11.8 Å². The van der Waals surface area contributed by atoms with Gasteiger partial charge in [-0.2, -0.15) is 5.26 Å². The Balaban J connectivity index is 2.43. The summed E-state index contributed by atoms with van der Waals surface area (Å²) in [6.45, 7) is 6.84. The van der Waals surface area contributed by atoms with Gasteiger partial charge >= 0.3 is 0 Å². The molecule has 6 nitrogen and oxygen atoms in total. The minimum atomic E-state index is -0.489. The number of hydrogen-bond donors (Lipinski definition) is 0. The Morgan fingerprint density at radius 3 is 2.64 bits per heavy atom. The highest BCUT2D eigenvalue weighted by Gasteiger charge is 2.14. The smallest absolute Gasteiger partial charge is 0.270 e. The van der Waals surface area contributed by atoms with Crippen LogP contribution in [0.5, 0.6) is 0 Å². The molecule has 0 aliphatic rings. The molecule has 114 valence electrons. The van der Waals surface area contributed by atoms with Gasteiger partial charge in [-0.1, -0.05) is 13.8 Å². The highest BCUT2D eigenvalue weighted by atomic mass is 16.6. The van der Waals surface area contributed by atoms with Gasteiger partial charge in [-0.25, -0.2) is 0 Å². The number of aromatic nitrogens is 1. The summed E-state index contributed by atoms with van der Waals surface area (Å²) in [7, 11) is 0. The number of nitrogens with zero attached hydrogens (tertiary/aromatic N) is 4. The zero-order valence-electron chi connectivity index (χ0n) is 12.7. The van der Waals surface area contributed by atoms with E-state index < -0.39 is 4.92 Å². The molecule has 1 aromatic carbocycles. The second-order valence-corrected chi connectivity index (χ2v) is 4.90. The lowest BCUT2D eigenvalue weighted by atomic mass is 10.1. The van der Waals surface area contributed by atoms with Crippen molar-refractivity contribution in [2.24, 2.45) is 0 Å². The number of nitro benzene ring substituents is 1. The summed E-state index contributed by atoms with van der Waals surface area (Å²) >= 11 is 0. The summed E-state index contributed by atoms with van der Waals surface area (Å²) in [6, 6.07) is 10.3. The van der Waals surface area contributed by atoms with Gasteiger partial charge in [0.1, 0.15) is 6.07 Å². The average molecular weight is 298 g/mol. The molecule has 0 atom stereocenters. The van der Waals surface area contributed by atoms with Crippen LogP contribution in [0.4, 0.5) is 5.69 Å². The highest BCUT2D eigenvalue weighted by molar-refractivity contribution is 5.55. The Hall–Kier alpha value is -2.65. The lowest BCUT2D eigenvalue weighted by Crippen LogP contribution is -2.23. The third-order valence-corrected chi connectivity index (χ3v) is 3.68. The van der Waals surface area contributed by atoms with Crippen molar-refractivity contribution < 1.29 is 4.92 Å². The summed E-state index contributed by atoms with van der Waals surface area (Å²) in [4.78, 5) is 12.6. The first-order valence-corrected chi connectivity index (χ1v) is 7.18. The van der Waals surface area contributed by atoms with E-state index in [-0.39, 0.29) is 5.69 Å². The number of nitro groups is 1. The van der Waals surface area contributed by atoms with Crippen LogP contribution in [0, 0.1) is 21.4 Å². The van der Waals surface area contributed by atoms with Crippen LogP contribution in [0.2, 0.25) is 0 Å². The van der Waals surface area contributed by atoms with Gasteiger partial charge in [-0.3, -0.25) is 15.0 Å². The van der Waals surface area contributed by atoms with Crippen molar-refractivity contribution >= 4 is 5.69 Å². The van der Waals surface area contributed by atoms with E-state index in [0.29, 0.717) is 11.3 Å². The van der Waals surface area contributed by atoms with Crippen molar-refractivity contribution in [2.75, 3.05) is 13.1 Å². The van der Waals surface area contributed by atoms with E-state index in [2.05, 4.69) is 18.7 Å². The van der Waals surface area contributed by atoms with Gasteiger partial charge in [0.2, 0.25) is 0 Å². The number of benzene rings is 1. The third kappa shape index (κ3) is 3.15. The van der Waals surface area contributed by atoms with E-state index >= 15 is 0 Å². The first-order chi connectivity index (χ1) is 10.6. The van der Waals surface area contributed by atoms with Gasteiger partial charge in [0.15, 0.2) is 0 Å². The van der Waals surface area contributed by atoms with Crippen LogP contribution in [0.3, 0.4) is 0 Å². The number of non-ortho nitro benzene ring substituents is 1. The second-order valence-electron chi connectivity index (χ2n) is 4.90. The molecule has 2 rings (SSSR count). The van der Waals surface area contributed by atoms with Gasteiger partial charge in [-0.05, 0) is 31.3 Å². The van der Waals surface area contributed by atoms with E-state index in [9.17, 15) is 15.4 Å². The van der Waals surface area contributed by atoms with E-state index in [1.807, 2.05) is 29.0 Å². The molecule has 0 fully saturated rings. The molecule has 0 N–H and O–H groups in total. The molecule has 22 heavy (non-hydrogen) atoms. The molecular weight excluding hydrogens is 280 g/mol. The predicted molar refractivity (Wildman–Crippen MR) is 83.8 cm³/mol. The predicted octanol–water partition coefficient (Wildman–Crippen LogP) is 3.10. The van der Waals surface area contributed by atoms with Crippen molar-refractivity contribution in [3.05, 3.63) is 57.9 Å². The minimum Gasteiger partial charge on any atom is -0.318 e. The largest absolute Gasteiger partial charge is 0.318 e. The van der Waals surface area contributed by atoms with Gasteiger partial charge in [0.25, 0.3) is 5.69 Å². The number of hydrogen-bond acceptors (Lipinski definition) is 4. The van der Waals surface area contributed by atoms with Crippen LogP contribution >= 0.6 is 0 Å². The van der Waals surface area contributed by atoms with Crippen molar-refractivity contribution in [3.63, 3.8) is 0 Å². The average Bonchev–Trinajstić information content (AvgIpc) is 2.99. The Labute approximate surface area is 129 Å². The highest BCUT2D eigenvalue weighted by Crippen LogP contribution is 2.23. The minimum absolute atomic E-state index is 0.0715. The second kappa shape index (κ2) is 6.87. The molecule has 1 heterocycles. The first-order valence-electron chi connectivity index (χ1n) is 7.18. The SMILES string of the molecule is CCN(CC)Cc1cccn1-c1ccc([N+](=O)[O-])cc1C#N. The van der Waals surface area contributed by atoms with Crippen LogP contribution in [-0.2, 0) is 6.54 Å². The van der Waals surface area contributed by atoms with Crippen molar-refractivity contribution in [1.29, 1.82) is 5.26 Å². The summed E-state index contributed by atoms with van der Waals surface area (Å²) in [5, 5.41) is 20.1. The Morgan fingerprint density at radius 2 is 2.05 bits per heavy atom. The molecule has 2 aromatic rings. The van der Waals surface area contributed by atoms with Crippen LogP contribution in [-0.4, -0.2) is 27.5 Å². The molecule has 6 heteroatoms.